The van der Waals surface area contributed by atoms with E-state index in [1.54, 1.807) is 7.05 Å². The second kappa shape index (κ2) is 7.30. The Morgan fingerprint density at radius 2 is 1.86 bits per heavy atom. The summed E-state index contributed by atoms with van der Waals surface area (Å²) in [6, 6.07) is 10.4. The third-order valence-electron chi connectivity index (χ3n) is 5.48. The monoisotopic (exact) mass is 381 g/mol. The van der Waals surface area contributed by atoms with Gasteiger partial charge < -0.3 is 9.47 Å². The summed E-state index contributed by atoms with van der Waals surface area (Å²) < 4.78 is 4.87. The van der Waals surface area contributed by atoms with Crippen molar-refractivity contribution in [3.05, 3.63) is 56.7 Å². The molecule has 1 atom stereocenters. The molecule has 0 radical (unpaired) electrons. The summed E-state index contributed by atoms with van der Waals surface area (Å²) in [7, 11) is 1.70. The highest BCUT2D eigenvalue weighted by Gasteiger charge is 2.28. The van der Waals surface area contributed by atoms with Crippen LogP contribution >= 0.6 is 0 Å². The van der Waals surface area contributed by atoms with E-state index >= 15 is 0 Å². The maximum atomic E-state index is 13.1. The highest BCUT2D eigenvalue weighted by molar-refractivity contribution is 5.75. The molecule has 2 aromatic heterocycles. The van der Waals surface area contributed by atoms with Gasteiger partial charge in [0.15, 0.2) is 11.2 Å². The zero-order valence-electron chi connectivity index (χ0n) is 16.8. The Morgan fingerprint density at radius 1 is 1.11 bits per heavy atom. The molecule has 1 aliphatic rings. The Hall–Kier alpha value is -2.83. The van der Waals surface area contributed by atoms with Gasteiger partial charge >= 0.3 is 5.69 Å². The SMILES string of the molecule is CCCn1c(=O)c2c(nc3n2C[C@@H](C)CN3CCc2ccccc2)n(C)c1=O. The van der Waals surface area contributed by atoms with Crippen molar-refractivity contribution < 1.29 is 0 Å². The Balaban J connectivity index is 1.80. The summed E-state index contributed by atoms with van der Waals surface area (Å²) in [6.07, 6.45) is 1.65. The number of hydrogen-bond acceptors (Lipinski definition) is 4. The lowest BCUT2D eigenvalue weighted by Crippen LogP contribution is -2.41. The van der Waals surface area contributed by atoms with E-state index in [4.69, 9.17) is 4.98 Å². The Kier molecular flexibility index (Phi) is 4.83. The maximum absolute atomic E-state index is 13.1. The van der Waals surface area contributed by atoms with Gasteiger partial charge in [0.05, 0.1) is 0 Å². The first-order valence-electron chi connectivity index (χ1n) is 10.00. The molecule has 0 amide bonds. The third-order valence-corrected chi connectivity index (χ3v) is 5.48. The molecular weight excluding hydrogens is 354 g/mol. The van der Waals surface area contributed by atoms with Crippen molar-refractivity contribution in [2.24, 2.45) is 13.0 Å². The van der Waals surface area contributed by atoms with E-state index in [1.165, 1.54) is 14.7 Å². The van der Waals surface area contributed by atoms with Gasteiger partial charge in [0, 0.05) is 33.2 Å². The van der Waals surface area contributed by atoms with E-state index in [9.17, 15) is 9.59 Å². The number of imidazole rings is 1. The van der Waals surface area contributed by atoms with Gasteiger partial charge in [-0.2, -0.15) is 4.98 Å². The first kappa shape index (κ1) is 18.5. The van der Waals surface area contributed by atoms with Gasteiger partial charge in [0.2, 0.25) is 5.95 Å². The van der Waals surface area contributed by atoms with Gasteiger partial charge in [-0.1, -0.05) is 44.2 Å². The largest absolute Gasteiger partial charge is 0.342 e. The van der Waals surface area contributed by atoms with Crippen molar-refractivity contribution >= 4 is 17.1 Å². The number of anilines is 1. The van der Waals surface area contributed by atoms with Crippen molar-refractivity contribution in [1.82, 2.24) is 18.7 Å². The molecule has 28 heavy (non-hydrogen) atoms. The van der Waals surface area contributed by atoms with Crippen LogP contribution in [0.3, 0.4) is 0 Å². The number of benzene rings is 1. The lowest BCUT2D eigenvalue weighted by Gasteiger charge is -2.33. The predicted octanol–water partition coefficient (Wildman–Crippen LogP) is 2.01. The van der Waals surface area contributed by atoms with Gasteiger partial charge in [-0.15, -0.1) is 0 Å². The summed E-state index contributed by atoms with van der Waals surface area (Å²) >= 11 is 0. The average molecular weight is 381 g/mol. The maximum Gasteiger partial charge on any atom is 0.332 e. The minimum Gasteiger partial charge on any atom is -0.342 e. The van der Waals surface area contributed by atoms with Crippen molar-refractivity contribution in [3.8, 4) is 0 Å². The van der Waals surface area contributed by atoms with Crippen LogP contribution in [-0.4, -0.2) is 31.8 Å². The highest BCUT2D eigenvalue weighted by Crippen LogP contribution is 2.26. The Labute approximate surface area is 163 Å². The van der Waals surface area contributed by atoms with Gasteiger partial charge in [0.1, 0.15) is 0 Å². The summed E-state index contributed by atoms with van der Waals surface area (Å²) in [5, 5.41) is 0. The molecule has 0 unspecified atom stereocenters. The molecule has 0 saturated carbocycles. The highest BCUT2D eigenvalue weighted by atomic mass is 16.2. The number of hydrogen-bond donors (Lipinski definition) is 0. The molecule has 7 heteroatoms. The Morgan fingerprint density at radius 3 is 2.57 bits per heavy atom. The molecule has 0 aliphatic carbocycles. The minimum absolute atomic E-state index is 0.226. The minimum atomic E-state index is -0.293. The zero-order chi connectivity index (χ0) is 19.8. The van der Waals surface area contributed by atoms with E-state index in [2.05, 4.69) is 36.1 Å². The summed E-state index contributed by atoms with van der Waals surface area (Å²) in [5.41, 5.74) is 1.79. The van der Waals surface area contributed by atoms with Crippen molar-refractivity contribution in [1.29, 1.82) is 0 Å². The number of aromatic nitrogens is 4. The third kappa shape index (κ3) is 3.04. The predicted molar refractivity (Wildman–Crippen MR) is 111 cm³/mol. The normalized spacial score (nSPS) is 16.5. The van der Waals surface area contributed by atoms with Gasteiger partial charge in [-0.25, -0.2) is 4.79 Å². The Bertz CT molecular complexity index is 1110. The second-order valence-corrected chi connectivity index (χ2v) is 7.78. The summed E-state index contributed by atoms with van der Waals surface area (Å²) in [5.74, 6) is 1.20. The molecule has 0 fully saturated rings. The van der Waals surface area contributed by atoms with E-state index in [0.717, 1.165) is 38.4 Å². The van der Waals surface area contributed by atoms with Crippen molar-refractivity contribution in [3.63, 3.8) is 0 Å². The number of nitrogens with zero attached hydrogens (tertiary/aromatic N) is 5. The smallest absolute Gasteiger partial charge is 0.332 e. The van der Waals surface area contributed by atoms with Crippen molar-refractivity contribution in [2.75, 3.05) is 18.0 Å². The number of aryl methyl sites for hydroxylation is 1. The zero-order valence-corrected chi connectivity index (χ0v) is 16.8. The van der Waals surface area contributed by atoms with Gasteiger partial charge in [-0.05, 0) is 24.3 Å². The molecule has 1 aliphatic heterocycles. The lowest BCUT2D eigenvalue weighted by atomic mass is 10.1. The first-order chi connectivity index (χ1) is 13.5. The average Bonchev–Trinajstić information content (AvgIpc) is 3.08. The van der Waals surface area contributed by atoms with Crippen LogP contribution in [0.15, 0.2) is 39.9 Å². The summed E-state index contributed by atoms with van der Waals surface area (Å²) in [6.45, 7) is 7.05. The lowest BCUT2D eigenvalue weighted by molar-refractivity contribution is 0.436. The van der Waals surface area contributed by atoms with E-state index < -0.39 is 0 Å². The fraction of sp³-hybridized carbons (Fsp3) is 0.476. The van der Waals surface area contributed by atoms with E-state index in [0.29, 0.717) is 23.6 Å². The van der Waals surface area contributed by atoms with Crippen LogP contribution in [0.4, 0.5) is 5.95 Å². The van der Waals surface area contributed by atoms with Crippen molar-refractivity contribution in [2.45, 2.75) is 39.8 Å². The number of fused-ring (bicyclic) bond motifs is 3. The van der Waals surface area contributed by atoms with Crippen LogP contribution in [0.25, 0.3) is 11.2 Å². The van der Waals surface area contributed by atoms with Crippen LogP contribution in [0.5, 0.6) is 0 Å². The van der Waals surface area contributed by atoms with E-state index in [-0.39, 0.29) is 11.2 Å². The van der Waals surface area contributed by atoms with Crippen LogP contribution in [0.2, 0.25) is 0 Å². The van der Waals surface area contributed by atoms with Crippen LogP contribution < -0.4 is 16.1 Å². The fourth-order valence-corrected chi connectivity index (χ4v) is 4.12. The first-order valence-corrected chi connectivity index (χ1v) is 10.00. The molecule has 7 nitrogen and oxygen atoms in total. The van der Waals surface area contributed by atoms with E-state index in [1.807, 2.05) is 17.6 Å². The van der Waals surface area contributed by atoms with Gasteiger partial charge in [0.25, 0.3) is 5.56 Å². The molecule has 148 valence electrons. The van der Waals surface area contributed by atoms with Crippen LogP contribution in [0.1, 0.15) is 25.8 Å². The van der Waals surface area contributed by atoms with Gasteiger partial charge in [-0.3, -0.25) is 13.9 Å². The molecular formula is C21H27N5O2. The second-order valence-electron chi connectivity index (χ2n) is 7.78. The summed E-state index contributed by atoms with van der Waals surface area (Å²) in [4.78, 5) is 32.7. The standard InChI is InChI=1S/C21H27N5O2/c1-4-11-25-19(27)17-18(23(3)21(25)28)22-20-24(13-15(2)14-26(17)20)12-10-16-8-6-5-7-9-16/h5-9,15H,4,10-14H2,1-3H3/t15-/m0/s1. The quantitative estimate of drug-likeness (QED) is 0.678. The molecule has 3 aromatic rings. The molecule has 4 rings (SSSR count). The molecule has 0 bridgehead atoms. The van der Waals surface area contributed by atoms with Crippen LogP contribution in [-0.2, 0) is 26.6 Å². The molecule has 0 spiro atoms. The number of rotatable bonds is 5. The molecule has 0 saturated heterocycles. The van der Waals surface area contributed by atoms with Crippen LogP contribution in [0, 0.1) is 5.92 Å². The molecule has 1 aromatic carbocycles. The molecule has 3 heterocycles. The topological polar surface area (TPSA) is 65.1 Å². The molecule has 0 N–H and O–H groups in total. The fourth-order valence-electron chi connectivity index (χ4n) is 4.12.